The molecule has 1 aromatic heterocycles. The number of carbonyl (C=O) groups is 1. The van der Waals surface area contributed by atoms with E-state index in [9.17, 15) is 9.18 Å². The maximum absolute atomic E-state index is 11.8. The van der Waals surface area contributed by atoms with Gasteiger partial charge >= 0.3 is 0 Å². The zero-order valence-corrected chi connectivity index (χ0v) is 7.88. The second kappa shape index (κ2) is 4.55. The van der Waals surface area contributed by atoms with Gasteiger partial charge in [0.05, 0.1) is 5.56 Å². The van der Waals surface area contributed by atoms with Gasteiger partial charge in [-0.15, -0.1) is 0 Å². The van der Waals surface area contributed by atoms with Crippen LogP contribution in [0.15, 0.2) is 12.3 Å². The molecule has 0 aromatic carbocycles. The van der Waals surface area contributed by atoms with Gasteiger partial charge in [-0.3, -0.25) is 9.78 Å². The minimum atomic E-state index is -0.592. The Hall–Kier alpha value is -1.65. The van der Waals surface area contributed by atoms with Crippen molar-refractivity contribution in [3.63, 3.8) is 0 Å². The van der Waals surface area contributed by atoms with Crippen molar-refractivity contribution >= 4 is 11.6 Å². The van der Waals surface area contributed by atoms with Gasteiger partial charge in [0.15, 0.2) is 0 Å². The third-order valence-corrected chi connectivity index (χ3v) is 1.70. The Balaban J connectivity index is 2.80. The van der Waals surface area contributed by atoms with Crippen molar-refractivity contribution in [1.82, 2.24) is 10.3 Å². The van der Waals surface area contributed by atoms with E-state index in [4.69, 9.17) is 5.73 Å². The van der Waals surface area contributed by atoms with Crippen LogP contribution in [-0.4, -0.2) is 24.1 Å². The van der Waals surface area contributed by atoms with Gasteiger partial charge in [0.1, 0.15) is 6.67 Å². The van der Waals surface area contributed by atoms with Crippen LogP contribution in [-0.2, 0) is 0 Å². The summed E-state index contributed by atoms with van der Waals surface area (Å²) in [5, 5.41) is 2.37. The predicted molar refractivity (Wildman–Crippen MR) is 51.7 cm³/mol. The van der Waals surface area contributed by atoms with Crippen LogP contribution in [0.4, 0.5) is 10.1 Å². The van der Waals surface area contributed by atoms with E-state index in [1.807, 2.05) is 0 Å². The van der Waals surface area contributed by atoms with Gasteiger partial charge in [0.2, 0.25) is 0 Å². The molecule has 0 aliphatic carbocycles. The Morgan fingerprint density at radius 3 is 3.00 bits per heavy atom. The first-order valence-electron chi connectivity index (χ1n) is 4.21. The first-order chi connectivity index (χ1) is 6.65. The fourth-order valence-corrected chi connectivity index (χ4v) is 1.03. The van der Waals surface area contributed by atoms with Crippen LogP contribution in [0.2, 0.25) is 0 Å². The number of hydrogen-bond donors (Lipinski definition) is 2. The second-order valence-electron chi connectivity index (χ2n) is 2.86. The number of nitrogens with zero attached hydrogens (tertiary/aromatic N) is 1. The van der Waals surface area contributed by atoms with E-state index in [1.165, 1.54) is 6.20 Å². The Kier molecular flexibility index (Phi) is 3.39. The monoisotopic (exact) mass is 197 g/mol. The molecule has 0 aliphatic heterocycles. The van der Waals surface area contributed by atoms with Crippen molar-refractivity contribution < 1.29 is 9.18 Å². The maximum Gasteiger partial charge on any atom is 0.255 e. The molecule has 76 valence electrons. The first-order valence-corrected chi connectivity index (χ1v) is 4.21. The topological polar surface area (TPSA) is 68.0 Å². The van der Waals surface area contributed by atoms with Crippen LogP contribution in [0.1, 0.15) is 16.1 Å². The standard InChI is InChI=1S/C9H12FN3O/c1-6-4-8(11)7(5-13-6)9(14)12-3-2-10/h4-5H,2-3H2,1H3,(H2,11,13)(H,12,14). The Bertz CT molecular complexity index is 341. The van der Waals surface area contributed by atoms with E-state index in [0.29, 0.717) is 5.69 Å². The largest absolute Gasteiger partial charge is 0.398 e. The average molecular weight is 197 g/mol. The summed E-state index contributed by atoms with van der Waals surface area (Å²) in [7, 11) is 0. The molecule has 5 heteroatoms. The normalized spacial score (nSPS) is 9.86. The number of rotatable bonds is 3. The van der Waals surface area contributed by atoms with Gasteiger partial charge in [-0.2, -0.15) is 0 Å². The number of nitrogens with two attached hydrogens (primary N) is 1. The first kappa shape index (κ1) is 10.4. The molecule has 0 unspecified atom stereocenters. The summed E-state index contributed by atoms with van der Waals surface area (Å²) in [6.45, 7) is 1.18. The summed E-state index contributed by atoms with van der Waals surface area (Å²) in [5.41, 5.74) is 6.98. The van der Waals surface area contributed by atoms with Crippen LogP contribution in [0.25, 0.3) is 0 Å². The van der Waals surface area contributed by atoms with Gasteiger partial charge in [0.25, 0.3) is 5.91 Å². The van der Waals surface area contributed by atoms with Crippen molar-refractivity contribution in [2.45, 2.75) is 6.92 Å². The van der Waals surface area contributed by atoms with Crippen molar-refractivity contribution in [3.8, 4) is 0 Å². The highest BCUT2D eigenvalue weighted by Gasteiger charge is 2.09. The highest BCUT2D eigenvalue weighted by Crippen LogP contribution is 2.10. The summed E-state index contributed by atoms with van der Waals surface area (Å²) < 4.78 is 11.8. The van der Waals surface area contributed by atoms with Gasteiger partial charge in [-0.1, -0.05) is 0 Å². The molecule has 0 fully saturated rings. The third-order valence-electron chi connectivity index (χ3n) is 1.70. The number of hydrogen-bond acceptors (Lipinski definition) is 3. The van der Waals surface area contributed by atoms with Gasteiger partial charge < -0.3 is 11.1 Å². The molecule has 1 heterocycles. The molecule has 0 atom stereocenters. The molecule has 3 N–H and O–H groups in total. The third kappa shape index (κ3) is 2.42. The smallest absolute Gasteiger partial charge is 0.255 e. The molecule has 1 aromatic rings. The van der Waals surface area contributed by atoms with Crippen molar-refractivity contribution in [2.24, 2.45) is 0 Å². The van der Waals surface area contributed by atoms with Crippen LogP contribution >= 0.6 is 0 Å². The molecule has 0 bridgehead atoms. The van der Waals surface area contributed by atoms with Crippen LogP contribution < -0.4 is 11.1 Å². The number of pyridine rings is 1. The number of carbonyl (C=O) groups excluding carboxylic acids is 1. The van der Waals surface area contributed by atoms with E-state index in [1.54, 1.807) is 13.0 Å². The molecule has 0 radical (unpaired) electrons. The lowest BCUT2D eigenvalue weighted by Crippen LogP contribution is -2.26. The van der Waals surface area contributed by atoms with E-state index in [0.717, 1.165) is 5.69 Å². The molecule has 0 spiro atoms. The lowest BCUT2D eigenvalue weighted by molar-refractivity contribution is 0.0951. The number of amides is 1. The van der Waals surface area contributed by atoms with Crippen molar-refractivity contribution in [1.29, 1.82) is 0 Å². The molecule has 1 rings (SSSR count). The SMILES string of the molecule is Cc1cc(N)c(C(=O)NCCF)cn1. The average Bonchev–Trinajstić information content (AvgIpc) is 2.14. The van der Waals surface area contributed by atoms with E-state index in [2.05, 4.69) is 10.3 Å². The lowest BCUT2D eigenvalue weighted by Gasteiger charge is -2.05. The Morgan fingerprint density at radius 2 is 2.43 bits per heavy atom. The molecule has 1 amide bonds. The molecule has 0 aliphatic rings. The number of alkyl halides is 1. The highest BCUT2D eigenvalue weighted by atomic mass is 19.1. The number of aromatic nitrogens is 1. The highest BCUT2D eigenvalue weighted by molar-refractivity contribution is 5.98. The molecule has 0 saturated heterocycles. The second-order valence-corrected chi connectivity index (χ2v) is 2.86. The van der Waals surface area contributed by atoms with E-state index in [-0.39, 0.29) is 12.1 Å². The van der Waals surface area contributed by atoms with Gasteiger partial charge in [-0.25, -0.2) is 4.39 Å². The zero-order valence-electron chi connectivity index (χ0n) is 7.88. The summed E-state index contributed by atoms with van der Waals surface area (Å²) in [5.74, 6) is -0.396. The quantitative estimate of drug-likeness (QED) is 0.748. The number of halogens is 1. The fourth-order valence-electron chi connectivity index (χ4n) is 1.03. The molecule has 0 saturated carbocycles. The van der Waals surface area contributed by atoms with E-state index < -0.39 is 12.6 Å². The van der Waals surface area contributed by atoms with Crippen molar-refractivity contribution in [2.75, 3.05) is 19.0 Å². The summed E-state index contributed by atoms with van der Waals surface area (Å²) in [6, 6.07) is 1.60. The summed E-state index contributed by atoms with van der Waals surface area (Å²) in [6.07, 6.45) is 1.39. The predicted octanol–water partition coefficient (Wildman–Crippen LogP) is 0.672. The van der Waals surface area contributed by atoms with Crippen LogP contribution in [0, 0.1) is 6.92 Å². The molecule has 4 nitrogen and oxygen atoms in total. The Labute approximate surface area is 81.3 Å². The number of nitrogen functional groups attached to an aromatic ring is 1. The summed E-state index contributed by atoms with van der Waals surface area (Å²) in [4.78, 5) is 15.3. The zero-order chi connectivity index (χ0) is 10.6. The fraction of sp³-hybridized carbons (Fsp3) is 0.333. The van der Waals surface area contributed by atoms with Crippen LogP contribution in [0.5, 0.6) is 0 Å². The van der Waals surface area contributed by atoms with E-state index >= 15 is 0 Å². The minimum absolute atomic E-state index is 0.00779. The van der Waals surface area contributed by atoms with Gasteiger partial charge in [-0.05, 0) is 13.0 Å². The van der Waals surface area contributed by atoms with Crippen molar-refractivity contribution in [3.05, 3.63) is 23.5 Å². The van der Waals surface area contributed by atoms with Gasteiger partial charge in [0, 0.05) is 24.1 Å². The number of aryl methyl sites for hydroxylation is 1. The molecular formula is C9H12FN3O. The molecular weight excluding hydrogens is 185 g/mol. The minimum Gasteiger partial charge on any atom is -0.398 e. The molecule has 14 heavy (non-hydrogen) atoms. The lowest BCUT2D eigenvalue weighted by atomic mass is 10.2. The van der Waals surface area contributed by atoms with Crippen LogP contribution in [0.3, 0.4) is 0 Å². The summed E-state index contributed by atoms with van der Waals surface area (Å²) >= 11 is 0. The number of nitrogens with one attached hydrogen (secondary N) is 1. The maximum atomic E-state index is 11.8. The number of anilines is 1. The Morgan fingerprint density at radius 1 is 1.71 bits per heavy atom.